The van der Waals surface area contributed by atoms with E-state index in [0.29, 0.717) is 11.4 Å². The summed E-state index contributed by atoms with van der Waals surface area (Å²) in [6.07, 6.45) is 0.180. The first-order chi connectivity index (χ1) is 15.6. The number of carbonyl (C=O) groups is 1. The molecule has 8 heteroatoms. The zero-order chi connectivity index (χ0) is 24.2. The summed E-state index contributed by atoms with van der Waals surface area (Å²) in [4.78, 5) is 13.2. The van der Waals surface area contributed by atoms with Crippen molar-refractivity contribution in [3.63, 3.8) is 0 Å². The number of amides is 1. The molecule has 174 valence electrons. The molecule has 0 aliphatic carbocycles. The fourth-order valence-electron chi connectivity index (χ4n) is 3.69. The van der Waals surface area contributed by atoms with Crippen LogP contribution in [0.3, 0.4) is 0 Å². The molecule has 0 heterocycles. The minimum Gasteiger partial charge on any atom is -0.495 e. The van der Waals surface area contributed by atoms with Gasteiger partial charge in [-0.25, -0.2) is 8.42 Å². The van der Waals surface area contributed by atoms with Crippen LogP contribution in [0, 0.1) is 20.8 Å². The Hall–Kier alpha value is -2.87. The average Bonchev–Trinajstić information content (AvgIpc) is 2.76. The Bertz CT molecular complexity index is 1240. The van der Waals surface area contributed by atoms with Crippen LogP contribution in [0.2, 0.25) is 5.02 Å². The van der Waals surface area contributed by atoms with Crippen LogP contribution in [0.1, 0.15) is 22.3 Å². The van der Waals surface area contributed by atoms with Gasteiger partial charge >= 0.3 is 0 Å². The lowest BCUT2D eigenvalue weighted by molar-refractivity contribution is -0.117. The van der Waals surface area contributed by atoms with Crippen LogP contribution >= 0.6 is 11.6 Å². The molecule has 2 N–H and O–H groups in total. The number of nitrogens with one attached hydrogen (secondary N) is 2. The first-order valence-corrected chi connectivity index (χ1v) is 12.3. The number of hydrogen-bond donors (Lipinski definition) is 2. The minimum atomic E-state index is -4.04. The lowest BCUT2D eigenvalue weighted by Crippen LogP contribution is -2.45. The van der Waals surface area contributed by atoms with Crippen LogP contribution in [0.5, 0.6) is 5.75 Å². The van der Waals surface area contributed by atoms with Gasteiger partial charge in [0.25, 0.3) is 0 Å². The van der Waals surface area contributed by atoms with Gasteiger partial charge in [-0.1, -0.05) is 59.6 Å². The van der Waals surface area contributed by atoms with Crippen molar-refractivity contribution in [1.82, 2.24) is 4.72 Å². The Morgan fingerprint density at radius 2 is 1.64 bits per heavy atom. The monoisotopic (exact) mass is 486 g/mol. The summed E-state index contributed by atoms with van der Waals surface area (Å²) in [7, 11) is -2.59. The maximum Gasteiger partial charge on any atom is 0.242 e. The number of ether oxygens (including phenoxy) is 1. The molecule has 1 atom stereocenters. The standard InChI is InChI=1S/C25H27ClN2O4S/c1-16-12-17(2)24(18(3)13-16)27-25(29)22(14-19-8-6-5-7-9-19)28-33(30,31)20-10-11-23(32-4)21(26)15-20/h5-13,15,22,28H,14H2,1-4H3,(H,27,29)/t22-/m1/s1. The SMILES string of the molecule is COc1ccc(S(=O)(=O)N[C@H](Cc2ccccc2)C(=O)Nc2c(C)cc(C)cc2C)cc1Cl. The van der Waals surface area contributed by atoms with Gasteiger partial charge in [0.1, 0.15) is 11.8 Å². The molecule has 0 bridgehead atoms. The first-order valence-electron chi connectivity index (χ1n) is 10.4. The van der Waals surface area contributed by atoms with Gasteiger partial charge in [0.2, 0.25) is 15.9 Å². The van der Waals surface area contributed by atoms with E-state index < -0.39 is 22.0 Å². The zero-order valence-electron chi connectivity index (χ0n) is 19.0. The number of rotatable bonds is 8. The summed E-state index contributed by atoms with van der Waals surface area (Å²) in [6.45, 7) is 5.80. The molecule has 0 radical (unpaired) electrons. The van der Waals surface area contributed by atoms with E-state index >= 15 is 0 Å². The van der Waals surface area contributed by atoms with E-state index in [1.165, 1.54) is 25.3 Å². The number of aryl methyl sites for hydroxylation is 3. The third kappa shape index (κ3) is 6.13. The minimum absolute atomic E-state index is 0.0538. The van der Waals surface area contributed by atoms with Crippen molar-refractivity contribution >= 4 is 33.2 Å². The summed E-state index contributed by atoms with van der Waals surface area (Å²) in [5.41, 5.74) is 4.40. The molecule has 0 aliphatic heterocycles. The Morgan fingerprint density at radius 3 is 2.21 bits per heavy atom. The third-order valence-electron chi connectivity index (χ3n) is 5.26. The van der Waals surface area contributed by atoms with Gasteiger partial charge in [-0.05, 0) is 62.1 Å². The number of methoxy groups -OCH3 is 1. The van der Waals surface area contributed by atoms with E-state index in [9.17, 15) is 13.2 Å². The van der Waals surface area contributed by atoms with Crippen molar-refractivity contribution in [2.24, 2.45) is 0 Å². The molecule has 1 amide bonds. The highest BCUT2D eigenvalue weighted by Crippen LogP contribution is 2.27. The largest absolute Gasteiger partial charge is 0.495 e. The Kier molecular flexibility index (Phi) is 7.79. The molecule has 3 aromatic carbocycles. The van der Waals surface area contributed by atoms with Crippen LogP contribution in [0.25, 0.3) is 0 Å². The van der Waals surface area contributed by atoms with E-state index in [-0.39, 0.29) is 16.3 Å². The second-order valence-corrected chi connectivity index (χ2v) is 10.0. The summed E-state index contributed by atoms with van der Waals surface area (Å²) < 4.78 is 33.9. The molecular formula is C25H27ClN2O4S. The highest BCUT2D eigenvalue weighted by Gasteiger charge is 2.27. The van der Waals surface area contributed by atoms with Gasteiger partial charge in [0.05, 0.1) is 17.0 Å². The Labute approximate surface area is 200 Å². The van der Waals surface area contributed by atoms with Gasteiger partial charge in [-0.3, -0.25) is 4.79 Å². The van der Waals surface area contributed by atoms with E-state index in [1.807, 2.05) is 63.2 Å². The van der Waals surface area contributed by atoms with Crippen molar-refractivity contribution in [2.75, 3.05) is 12.4 Å². The summed E-state index contributed by atoms with van der Waals surface area (Å²) >= 11 is 6.12. The molecule has 0 saturated carbocycles. The molecule has 0 aliphatic rings. The fourth-order valence-corrected chi connectivity index (χ4v) is 5.24. The van der Waals surface area contributed by atoms with Gasteiger partial charge in [0, 0.05) is 5.69 Å². The van der Waals surface area contributed by atoms with Gasteiger partial charge in [-0.2, -0.15) is 4.72 Å². The number of halogens is 1. The van der Waals surface area contributed by atoms with Crippen LogP contribution in [0.4, 0.5) is 5.69 Å². The van der Waals surface area contributed by atoms with Crippen LogP contribution in [-0.2, 0) is 21.2 Å². The van der Waals surface area contributed by atoms with Crippen molar-refractivity contribution in [3.05, 3.63) is 87.9 Å². The number of carbonyl (C=O) groups excluding carboxylic acids is 1. The molecule has 0 unspecified atom stereocenters. The normalized spacial score (nSPS) is 12.3. The summed E-state index contributed by atoms with van der Waals surface area (Å²) in [6, 6.07) is 16.3. The molecule has 3 aromatic rings. The molecule has 6 nitrogen and oxygen atoms in total. The molecule has 0 spiro atoms. The van der Waals surface area contributed by atoms with Crippen molar-refractivity contribution in [2.45, 2.75) is 38.1 Å². The molecule has 0 fully saturated rings. The number of sulfonamides is 1. The van der Waals surface area contributed by atoms with Crippen molar-refractivity contribution < 1.29 is 17.9 Å². The Morgan fingerprint density at radius 1 is 1.00 bits per heavy atom. The number of anilines is 1. The second-order valence-electron chi connectivity index (χ2n) is 7.92. The molecule has 0 saturated heterocycles. The smallest absolute Gasteiger partial charge is 0.242 e. The van der Waals surface area contributed by atoms with E-state index in [4.69, 9.17) is 16.3 Å². The molecule has 33 heavy (non-hydrogen) atoms. The predicted octanol–water partition coefficient (Wildman–Crippen LogP) is 4.80. The van der Waals surface area contributed by atoms with Gasteiger partial charge < -0.3 is 10.1 Å². The molecular weight excluding hydrogens is 460 g/mol. The first kappa shape index (κ1) is 24.8. The quantitative estimate of drug-likeness (QED) is 0.479. The lowest BCUT2D eigenvalue weighted by Gasteiger charge is -2.21. The average molecular weight is 487 g/mol. The predicted molar refractivity (Wildman–Crippen MR) is 132 cm³/mol. The van der Waals surface area contributed by atoms with Crippen molar-refractivity contribution in [3.8, 4) is 5.75 Å². The Balaban J connectivity index is 1.92. The summed E-state index contributed by atoms with van der Waals surface area (Å²) in [5.74, 6) is -0.0865. The highest BCUT2D eigenvalue weighted by molar-refractivity contribution is 7.89. The van der Waals surface area contributed by atoms with Gasteiger partial charge in [0.15, 0.2) is 0 Å². The topological polar surface area (TPSA) is 84.5 Å². The zero-order valence-corrected chi connectivity index (χ0v) is 20.5. The van der Waals surface area contributed by atoms with E-state index in [0.717, 1.165) is 22.3 Å². The molecule has 3 rings (SSSR count). The number of benzene rings is 3. The second kappa shape index (κ2) is 10.4. The highest BCUT2D eigenvalue weighted by atomic mass is 35.5. The maximum absolute atomic E-state index is 13.3. The lowest BCUT2D eigenvalue weighted by atomic mass is 10.0. The van der Waals surface area contributed by atoms with Crippen LogP contribution in [0.15, 0.2) is 65.6 Å². The summed E-state index contributed by atoms with van der Waals surface area (Å²) in [5, 5.41) is 3.08. The number of hydrogen-bond acceptors (Lipinski definition) is 4. The third-order valence-corrected chi connectivity index (χ3v) is 7.02. The van der Waals surface area contributed by atoms with E-state index in [2.05, 4.69) is 10.0 Å². The molecule has 0 aromatic heterocycles. The van der Waals surface area contributed by atoms with Crippen LogP contribution < -0.4 is 14.8 Å². The fraction of sp³-hybridized carbons (Fsp3) is 0.240. The van der Waals surface area contributed by atoms with Gasteiger partial charge in [-0.15, -0.1) is 0 Å². The van der Waals surface area contributed by atoms with Crippen molar-refractivity contribution in [1.29, 1.82) is 0 Å². The van der Waals surface area contributed by atoms with Crippen LogP contribution in [-0.4, -0.2) is 27.5 Å². The maximum atomic E-state index is 13.3. The van der Waals surface area contributed by atoms with E-state index in [1.54, 1.807) is 0 Å².